The Labute approximate surface area is 162 Å². The monoisotopic (exact) mass is 370 g/mol. The van der Waals surface area contributed by atoms with Crippen LogP contribution in [0.25, 0.3) is 0 Å². The van der Waals surface area contributed by atoms with E-state index >= 15 is 0 Å². The molecule has 27 heavy (non-hydrogen) atoms. The molecule has 2 N–H and O–H groups in total. The molecule has 1 unspecified atom stereocenters. The number of carbonyl (C=O) groups excluding carboxylic acids is 1. The van der Waals surface area contributed by atoms with Crippen molar-refractivity contribution in [1.82, 2.24) is 4.90 Å². The number of anilines is 1. The molecule has 0 aromatic heterocycles. The molecular formula is C22H30N2O3. The Kier molecular flexibility index (Phi) is 8.14. The van der Waals surface area contributed by atoms with Gasteiger partial charge in [-0.15, -0.1) is 0 Å². The summed E-state index contributed by atoms with van der Waals surface area (Å²) in [4.78, 5) is 14.3. The van der Waals surface area contributed by atoms with Gasteiger partial charge in [0.25, 0.3) is 0 Å². The minimum atomic E-state index is -0.477. The molecule has 0 bridgehead atoms. The summed E-state index contributed by atoms with van der Waals surface area (Å²) >= 11 is 0. The molecule has 1 atom stereocenters. The van der Waals surface area contributed by atoms with Crippen LogP contribution in [0.5, 0.6) is 5.75 Å². The number of nitrogens with zero attached hydrogens (tertiary/aromatic N) is 1. The summed E-state index contributed by atoms with van der Waals surface area (Å²) in [5.41, 5.74) is 2.64. The molecule has 0 radical (unpaired) electrons. The predicted molar refractivity (Wildman–Crippen MR) is 109 cm³/mol. The third kappa shape index (κ3) is 6.61. The fraction of sp³-hybridized carbons (Fsp3) is 0.409. The van der Waals surface area contributed by atoms with Crippen molar-refractivity contribution in [2.75, 3.05) is 25.0 Å². The van der Waals surface area contributed by atoms with Gasteiger partial charge in [-0.1, -0.05) is 51.1 Å². The number of rotatable bonds is 9. The molecule has 0 heterocycles. The summed E-state index contributed by atoms with van der Waals surface area (Å²) in [6, 6.07) is 15.3. The molecule has 0 saturated carbocycles. The molecule has 2 aromatic carbocycles. The molecule has 0 saturated heterocycles. The second-order valence-corrected chi connectivity index (χ2v) is 6.67. The second kappa shape index (κ2) is 10.6. The first-order chi connectivity index (χ1) is 13.0. The molecule has 5 nitrogen and oxygen atoms in total. The number of ether oxygens (including phenoxy) is 1. The van der Waals surface area contributed by atoms with Crippen molar-refractivity contribution in [2.24, 2.45) is 0 Å². The molecule has 2 aromatic rings. The largest absolute Gasteiger partial charge is 0.508 e. The number of hydrogen-bond donors (Lipinski definition) is 2. The maximum absolute atomic E-state index is 12.1. The molecule has 5 heteroatoms. The van der Waals surface area contributed by atoms with E-state index < -0.39 is 6.09 Å². The number of benzene rings is 2. The third-order valence-electron chi connectivity index (χ3n) is 4.77. The summed E-state index contributed by atoms with van der Waals surface area (Å²) in [5, 5.41) is 12.8. The van der Waals surface area contributed by atoms with Gasteiger partial charge in [-0.05, 0) is 49.2 Å². The standard InChI is InChI=1S/C22H30N2O3/c1-4-24(5-2)16-19-15-20(11-12-21(19)25)23-22(26)27-14-13-17(3)18-9-7-6-8-10-18/h6-12,15,17,25H,4-5,13-14,16H2,1-3H3,(H,23,26). The van der Waals surface area contributed by atoms with Crippen LogP contribution < -0.4 is 5.32 Å². The van der Waals surface area contributed by atoms with E-state index in [4.69, 9.17) is 4.74 Å². The Bertz CT molecular complexity index is 715. The van der Waals surface area contributed by atoms with Gasteiger partial charge in [0, 0.05) is 17.8 Å². The smallest absolute Gasteiger partial charge is 0.411 e. The molecule has 1 amide bonds. The average Bonchev–Trinajstić information content (AvgIpc) is 2.69. The molecule has 0 fully saturated rings. The van der Waals surface area contributed by atoms with Crippen molar-refractivity contribution in [3.05, 3.63) is 59.7 Å². The Hall–Kier alpha value is -2.53. The van der Waals surface area contributed by atoms with Crippen molar-refractivity contribution in [3.63, 3.8) is 0 Å². The zero-order chi connectivity index (χ0) is 19.6. The van der Waals surface area contributed by atoms with Gasteiger partial charge in [-0.3, -0.25) is 10.2 Å². The van der Waals surface area contributed by atoms with E-state index in [-0.39, 0.29) is 5.75 Å². The Morgan fingerprint density at radius 1 is 1.15 bits per heavy atom. The number of nitrogens with one attached hydrogen (secondary N) is 1. The van der Waals surface area contributed by atoms with E-state index in [2.05, 4.69) is 43.1 Å². The number of aromatic hydroxyl groups is 1. The quantitative estimate of drug-likeness (QED) is 0.611. The van der Waals surface area contributed by atoms with Gasteiger partial charge in [0.1, 0.15) is 5.75 Å². The van der Waals surface area contributed by atoms with Crippen molar-refractivity contribution in [2.45, 2.75) is 39.7 Å². The SMILES string of the molecule is CCN(CC)Cc1cc(NC(=O)OCCC(C)c2ccccc2)ccc1O. The summed E-state index contributed by atoms with van der Waals surface area (Å²) in [7, 11) is 0. The third-order valence-corrected chi connectivity index (χ3v) is 4.77. The maximum atomic E-state index is 12.1. The lowest BCUT2D eigenvalue weighted by atomic mass is 9.98. The van der Waals surface area contributed by atoms with Gasteiger partial charge in [0.2, 0.25) is 0 Å². The summed E-state index contributed by atoms with van der Waals surface area (Å²) in [6.07, 6.45) is 0.287. The van der Waals surface area contributed by atoms with Crippen LogP contribution in [0.2, 0.25) is 0 Å². The Morgan fingerprint density at radius 2 is 1.85 bits per heavy atom. The minimum absolute atomic E-state index is 0.234. The van der Waals surface area contributed by atoms with E-state index in [0.29, 0.717) is 24.8 Å². The van der Waals surface area contributed by atoms with Gasteiger partial charge < -0.3 is 9.84 Å². The fourth-order valence-corrected chi connectivity index (χ4v) is 2.91. The van der Waals surface area contributed by atoms with E-state index in [1.54, 1.807) is 18.2 Å². The summed E-state index contributed by atoms with van der Waals surface area (Å²) in [5.74, 6) is 0.561. The Balaban J connectivity index is 1.84. The molecule has 0 aliphatic heterocycles. The first-order valence-corrected chi connectivity index (χ1v) is 9.56. The maximum Gasteiger partial charge on any atom is 0.411 e. The van der Waals surface area contributed by atoms with E-state index in [9.17, 15) is 9.90 Å². The molecule has 0 aliphatic rings. The Morgan fingerprint density at radius 3 is 2.52 bits per heavy atom. The average molecular weight is 370 g/mol. The van der Waals surface area contributed by atoms with Crippen LogP contribution >= 0.6 is 0 Å². The van der Waals surface area contributed by atoms with Crippen LogP contribution in [0.4, 0.5) is 10.5 Å². The number of carbonyl (C=O) groups is 1. The van der Waals surface area contributed by atoms with Crippen molar-refractivity contribution < 1.29 is 14.6 Å². The lowest BCUT2D eigenvalue weighted by Gasteiger charge is -2.19. The van der Waals surface area contributed by atoms with Crippen molar-refractivity contribution in [3.8, 4) is 5.75 Å². The van der Waals surface area contributed by atoms with Crippen LogP contribution in [0.15, 0.2) is 48.5 Å². The van der Waals surface area contributed by atoms with Crippen LogP contribution in [0.1, 0.15) is 44.2 Å². The molecule has 0 aliphatic carbocycles. The van der Waals surface area contributed by atoms with Gasteiger partial charge in [0.05, 0.1) is 6.61 Å². The normalized spacial score (nSPS) is 12.0. The molecule has 0 spiro atoms. The topological polar surface area (TPSA) is 61.8 Å². The van der Waals surface area contributed by atoms with Gasteiger partial charge in [-0.25, -0.2) is 4.79 Å². The first kappa shape index (κ1) is 20.8. The van der Waals surface area contributed by atoms with E-state index in [0.717, 1.165) is 25.1 Å². The van der Waals surface area contributed by atoms with E-state index in [1.165, 1.54) is 5.56 Å². The van der Waals surface area contributed by atoms with Crippen LogP contribution in [-0.2, 0) is 11.3 Å². The van der Waals surface area contributed by atoms with Gasteiger partial charge >= 0.3 is 6.09 Å². The minimum Gasteiger partial charge on any atom is -0.508 e. The van der Waals surface area contributed by atoms with Gasteiger partial charge in [-0.2, -0.15) is 0 Å². The van der Waals surface area contributed by atoms with Gasteiger partial charge in [0.15, 0.2) is 0 Å². The predicted octanol–water partition coefficient (Wildman–Crippen LogP) is 4.98. The summed E-state index contributed by atoms with van der Waals surface area (Å²) < 4.78 is 5.31. The van der Waals surface area contributed by atoms with Crippen LogP contribution in [-0.4, -0.2) is 35.8 Å². The zero-order valence-corrected chi connectivity index (χ0v) is 16.4. The highest BCUT2D eigenvalue weighted by Gasteiger charge is 2.11. The van der Waals surface area contributed by atoms with Crippen LogP contribution in [0.3, 0.4) is 0 Å². The number of hydrogen-bond acceptors (Lipinski definition) is 4. The summed E-state index contributed by atoms with van der Waals surface area (Å²) in [6.45, 7) is 9.07. The lowest BCUT2D eigenvalue weighted by molar-refractivity contribution is 0.158. The number of phenols is 1. The lowest BCUT2D eigenvalue weighted by Crippen LogP contribution is -2.22. The first-order valence-electron chi connectivity index (χ1n) is 9.56. The zero-order valence-electron chi connectivity index (χ0n) is 16.4. The van der Waals surface area contributed by atoms with E-state index in [1.807, 2.05) is 18.2 Å². The molecular weight excluding hydrogens is 340 g/mol. The fourth-order valence-electron chi connectivity index (χ4n) is 2.91. The number of phenolic OH excluding ortho intramolecular Hbond substituents is 1. The van der Waals surface area contributed by atoms with Crippen LogP contribution in [0, 0.1) is 0 Å². The molecule has 2 rings (SSSR count). The van der Waals surface area contributed by atoms with Crippen molar-refractivity contribution in [1.29, 1.82) is 0 Å². The second-order valence-electron chi connectivity index (χ2n) is 6.67. The highest BCUT2D eigenvalue weighted by atomic mass is 16.5. The highest BCUT2D eigenvalue weighted by Crippen LogP contribution is 2.23. The van der Waals surface area contributed by atoms with Crippen molar-refractivity contribution >= 4 is 11.8 Å². The molecule has 146 valence electrons. The highest BCUT2D eigenvalue weighted by molar-refractivity contribution is 5.84. The number of amides is 1.